The number of carbonyl (C=O) groups is 2. The molecule has 1 rings (SSSR count). The highest BCUT2D eigenvalue weighted by atomic mass is 16.5. The number of rotatable bonds is 6. The van der Waals surface area contributed by atoms with Crippen LogP contribution in [0.25, 0.3) is 0 Å². The topological polar surface area (TPSA) is 72.6 Å². The Morgan fingerprint density at radius 3 is 2.55 bits per heavy atom. The average molecular weight is 278 g/mol. The lowest BCUT2D eigenvalue weighted by atomic mass is 10.0. The molecule has 0 aliphatic heterocycles. The summed E-state index contributed by atoms with van der Waals surface area (Å²) in [6, 6.07) is 4.87. The van der Waals surface area contributed by atoms with Gasteiger partial charge in [-0.3, -0.25) is 9.59 Å². The molecule has 0 spiro atoms. The number of hydrogen-bond acceptors (Lipinski definition) is 3. The molecule has 5 nitrogen and oxygen atoms in total. The van der Waals surface area contributed by atoms with Gasteiger partial charge in [-0.2, -0.15) is 0 Å². The van der Waals surface area contributed by atoms with Gasteiger partial charge in [-0.15, -0.1) is 0 Å². The van der Waals surface area contributed by atoms with E-state index in [0.717, 1.165) is 11.1 Å². The van der Waals surface area contributed by atoms with Crippen molar-refractivity contribution >= 4 is 11.8 Å². The van der Waals surface area contributed by atoms with E-state index < -0.39 is 11.9 Å². The van der Waals surface area contributed by atoms with Crippen LogP contribution in [0.3, 0.4) is 0 Å². The van der Waals surface area contributed by atoms with Gasteiger partial charge in [0.2, 0.25) is 5.91 Å². The van der Waals surface area contributed by atoms with Gasteiger partial charge in [0.05, 0.1) is 6.61 Å². The molecular weight excluding hydrogens is 256 g/mol. The van der Waals surface area contributed by atoms with E-state index in [0.29, 0.717) is 18.7 Å². The number of benzene rings is 1. The molecule has 0 bridgehead atoms. The maximum Gasteiger partial charge on any atom is 0.254 e. The molecule has 1 aromatic rings. The molecule has 0 unspecified atom stereocenters. The lowest BCUT2D eigenvalue weighted by molar-refractivity contribution is -0.122. The second-order valence-electron chi connectivity index (χ2n) is 4.82. The summed E-state index contributed by atoms with van der Waals surface area (Å²) in [5.41, 5.74) is 7.86. The molecule has 20 heavy (non-hydrogen) atoms. The molecule has 0 aromatic heterocycles. The molecule has 0 saturated carbocycles. The normalized spacial score (nSPS) is 12.0. The Labute approximate surface area is 119 Å². The summed E-state index contributed by atoms with van der Waals surface area (Å²) in [7, 11) is 1.55. The molecule has 0 radical (unpaired) electrons. The second kappa shape index (κ2) is 7.05. The summed E-state index contributed by atoms with van der Waals surface area (Å²) in [6.45, 7) is 6.15. The van der Waals surface area contributed by atoms with Crippen LogP contribution >= 0.6 is 0 Å². The number of primary amides is 1. The Bertz CT molecular complexity index is 500. The minimum absolute atomic E-state index is 0.199. The van der Waals surface area contributed by atoms with E-state index in [9.17, 15) is 9.59 Å². The van der Waals surface area contributed by atoms with Crippen LogP contribution in [0.5, 0.6) is 0 Å². The molecule has 0 heterocycles. The highest BCUT2D eigenvalue weighted by molar-refractivity contribution is 5.98. The highest BCUT2D eigenvalue weighted by Crippen LogP contribution is 2.16. The molecule has 1 aromatic carbocycles. The molecule has 110 valence electrons. The molecule has 0 aliphatic carbocycles. The third kappa shape index (κ3) is 3.57. The van der Waals surface area contributed by atoms with Gasteiger partial charge in [-0.05, 0) is 38.0 Å². The van der Waals surface area contributed by atoms with Gasteiger partial charge in [0, 0.05) is 19.2 Å². The summed E-state index contributed by atoms with van der Waals surface area (Å²) in [4.78, 5) is 25.5. The standard InChI is InChI=1S/C15H22N2O3/c1-10-6-5-7-13(11(10)2)15(19)17(8-9-20-4)12(3)14(16)18/h5-7,12H,8-9H2,1-4H3,(H2,16,18)/t12-/m0/s1. The summed E-state index contributed by atoms with van der Waals surface area (Å²) in [5.74, 6) is -0.727. The van der Waals surface area contributed by atoms with Crippen molar-refractivity contribution in [3.05, 3.63) is 34.9 Å². The summed E-state index contributed by atoms with van der Waals surface area (Å²) in [6.07, 6.45) is 0. The number of aryl methyl sites for hydroxylation is 1. The third-order valence-electron chi connectivity index (χ3n) is 3.51. The predicted octanol–water partition coefficient (Wildman–Crippen LogP) is 1.27. The zero-order chi connectivity index (χ0) is 15.3. The second-order valence-corrected chi connectivity index (χ2v) is 4.82. The van der Waals surface area contributed by atoms with E-state index in [4.69, 9.17) is 10.5 Å². The van der Waals surface area contributed by atoms with Crippen LogP contribution in [-0.4, -0.2) is 43.0 Å². The van der Waals surface area contributed by atoms with Crippen LogP contribution in [0, 0.1) is 13.8 Å². The van der Waals surface area contributed by atoms with Crippen LogP contribution in [0.4, 0.5) is 0 Å². The van der Waals surface area contributed by atoms with E-state index in [2.05, 4.69) is 0 Å². The first-order valence-corrected chi connectivity index (χ1v) is 6.55. The summed E-state index contributed by atoms with van der Waals surface area (Å²) < 4.78 is 5.00. The third-order valence-corrected chi connectivity index (χ3v) is 3.51. The number of methoxy groups -OCH3 is 1. The van der Waals surface area contributed by atoms with E-state index in [1.165, 1.54) is 4.90 Å². The number of nitrogens with zero attached hydrogens (tertiary/aromatic N) is 1. The van der Waals surface area contributed by atoms with Crippen molar-refractivity contribution in [2.45, 2.75) is 26.8 Å². The van der Waals surface area contributed by atoms with E-state index in [1.54, 1.807) is 20.1 Å². The van der Waals surface area contributed by atoms with E-state index >= 15 is 0 Å². The Morgan fingerprint density at radius 2 is 2.00 bits per heavy atom. The molecular formula is C15H22N2O3. The molecule has 0 aliphatic rings. The Morgan fingerprint density at radius 1 is 1.35 bits per heavy atom. The Hall–Kier alpha value is -1.88. The molecule has 2 amide bonds. The minimum Gasteiger partial charge on any atom is -0.383 e. The van der Waals surface area contributed by atoms with Crippen LogP contribution in [0.1, 0.15) is 28.4 Å². The fraction of sp³-hybridized carbons (Fsp3) is 0.467. The SMILES string of the molecule is COCCN(C(=O)c1cccc(C)c1C)[C@@H](C)C(N)=O. The van der Waals surface area contributed by atoms with Crippen molar-refractivity contribution in [3.8, 4) is 0 Å². The average Bonchev–Trinajstić information content (AvgIpc) is 2.41. The van der Waals surface area contributed by atoms with Crippen LogP contribution in [0.15, 0.2) is 18.2 Å². The van der Waals surface area contributed by atoms with Gasteiger partial charge in [0.15, 0.2) is 0 Å². The number of nitrogens with two attached hydrogens (primary N) is 1. The van der Waals surface area contributed by atoms with Crippen molar-refractivity contribution in [1.82, 2.24) is 4.90 Å². The predicted molar refractivity (Wildman–Crippen MR) is 77.5 cm³/mol. The van der Waals surface area contributed by atoms with Crippen molar-refractivity contribution < 1.29 is 14.3 Å². The number of ether oxygens (including phenoxy) is 1. The fourth-order valence-corrected chi connectivity index (χ4v) is 1.95. The maximum absolute atomic E-state index is 12.6. The maximum atomic E-state index is 12.6. The Balaban J connectivity index is 3.09. The van der Waals surface area contributed by atoms with Crippen molar-refractivity contribution in [2.75, 3.05) is 20.3 Å². The first kappa shape index (κ1) is 16.2. The number of hydrogen-bond donors (Lipinski definition) is 1. The van der Waals surface area contributed by atoms with E-state index in [-0.39, 0.29) is 5.91 Å². The number of amides is 2. The van der Waals surface area contributed by atoms with E-state index in [1.807, 2.05) is 26.0 Å². The van der Waals surface area contributed by atoms with Crippen molar-refractivity contribution in [1.29, 1.82) is 0 Å². The molecule has 2 N–H and O–H groups in total. The zero-order valence-electron chi connectivity index (χ0n) is 12.5. The molecule has 5 heteroatoms. The first-order chi connectivity index (χ1) is 9.40. The van der Waals surface area contributed by atoms with Crippen LogP contribution in [-0.2, 0) is 9.53 Å². The van der Waals surface area contributed by atoms with Gasteiger partial charge in [-0.1, -0.05) is 12.1 Å². The quantitative estimate of drug-likeness (QED) is 0.851. The summed E-state index contributed by atoms with van der Waals surface area (Å²) in [5, 5.41) is 0. The highest BCUT2D eigenvalue weighted by Gasteiger charge is 2.26. The van der Waals surface area contributed by atoms with Gasteiger partial charge in [0.25, 0.3) is 5.91 Å². The Kier molecular flexibility index (Phi) is 5.70. The van der Waals surface area contributed by atoms with Crippen LogP contribution in [0.2, 0.25) is 0 Å². The van der Waals surface area contributed by atoms with Gasteiger partial charge < -0.3 is 15.4 Å². The van der Waals surface area contributed by atoms with Crippen LogP contribution < -0.4 is 5.73 Å². The molecule has 0 fully saturated rings. The minimum atomic E-state index is -0.669. The largest absolute Gasteiger partial charge is 0.383 e. The first-order valence-electron chi connectivity index (χ1n) is 6.55. The molecule has 1 atom stereocenters. The van der Waals surface area contributed by atoms with Crippen molar-refractivity contribution in [3.63, 3.8) is 0 Å². The lowest BCUT2D eigenvalue weighted by Gasteiger charge is -2.27. The smallest absolute Gasteiger partial charge is 0.254 e. The van der Waals surface area contributed by atoms with Gasteiger partial charge in [-0.25, -0.2) is 0 Å². The fourth-order valence-electron chi connectivity index (χ4n) is 1.95. The monoisotopic (exact) mass is 278 g/mol. The zero-order valence-corrected chi connectivity index (χ0v) is 12.5. The lowest BCUT2D eigenvalue weighted by Crippen LogP contribution is -2.47. The van der Waals surface area contributed by atoms with Gasteiger partial charge >= 0.3 is 0 Å². The number of carbonyl (C=O) groups excluding carboxylic acids is 2. The summed E-state index contributed by atoms with van der Waals surface area (Å²) >= 11 is 0. The van der Waals surface area contributed by atoms with Crippen molar-refractivity contribution in [2.24, 2.45) is 5.73 Å². The molecule has 0 saturated heterocycles. The van der Waals surface area contributed by atoms with Gasteiger partial charge in [0.1, 0.15) is 6.04 Å².